The first-order chi connectivity index (χ1) is 7.24. The predicted octanol–water partition coefficient (Wildman–Crippen LogP) is 1.83. The van der Waals surface area contributed by atoms with Gasteiger partial charge in [-0.1, -0.05) is 0 Å². The van der Waals surface area contributed by atoms with E-state index in [2.05, 4.69) is 37.6 Å². The fourth-order valence-electron chi connectivity index (χ4n) is 1.63. The van der Waals surface area contributed by atoms with E-state index in [-0.39, 0.29) is 5.91 Å². The molecule has 0 atom stereocenters. The van der Waals surface area contributed by atoms with Crippen molar-refractivity contribution < 1.29 is 4.79 Å². The number of thiophene rings is 1. The molecule has 1 amide bonds. The van der Waals surface area contributed by atoms with Gasteiger partial charge >= 0.3 is 0 Å². The number of halogens is 1. The molecule has 1 fully saturated rings. The molecule has 0 spiro atoms. The summed E-state index contributed by atoms with van der Waals surface area (Å²) in [4.78, 5) is 14.8. The van der Waals surface area contributed by atoms with Gasteiger partial charge in [-0.3, -0.25) is 9.69 Å². The van der Waals surface area contributed by atoms with Gasteiger partial charge in [0.2, 0.25) is 5.91 Å². The zero-order valence-corrected chi connectivity index (χ0v) is 10.7. The van der Waals surface area contributed by atoms with Gasteiger partial charge in [0.25, 0.3) is 0 Å². The Morgan fingerprint density at radius 2 is 2.40 bits per heavy atom. The van der Waals surface area contributed by atoms with Gasteiger partial charge in [0.1, 0.15) is 0 Å². The second-order valence-electron chi connectivity index (χ2n) is 3.61. The van der Waals surface area contributed by atoms with E-state index in [1.165, 1.54) is 4.88 Å². The summed E-state index contributed by atoms with van der Waals surface area (Å²) in [6.45, 7) is 3.53. The summed E-state index contributed by atoms with van der Waals surface area (Å²) in [5.41, 5.74) is 0. The van der Waals surface area contributed by atoms with Crippen molar-refractivity contribution >= 4 is 33.2 Å². The fourth-order valence-corrected chi connectivity index (χ4v) is 3.12. The van der Waals surface area contributed by atoms with Crippen molar-refractivity contribution in [2.24, 2.45) is 0 Å². The van der Waals surface area contributed by atoms with Crippen molar-refractivity contribution in [2.75, 3.05) is 19.6 Å². The Morgan fingerprint density at radius 3 is 3.13 bits per heavy atom. The third-order valence-electron chi connectivity index (χ3n) is 2.41. The first kappa shape index (κ1) is 11.1. The quantitative estimate of drug-likeness (QED) is 0.901. The highest BCUT2D eigenvalue weighted by atomic mass is 79.9. The van der Waals surface area contributed by atoms with Gasteiger partial charge in [-0.15, -0.1) is 11.3 Å². The van der Waals surface area contributed by atoms with Crippen LogP contribution in [0, 0.1) is 0 Å². The van der Waals surface area contributed by atoms with Crippen LogP contribution >= 0.6 is 27.3 Å². The van der Waals surface area contributed by atoms with Gasteiger partial charge in [0.15, 0.2) is 0 Å². The molecule has 2 heterocycles. The van der Waals surface area contributed by atoms with Crippen LogP contribution in [-0.4, -0.2) is 30.4 Å². The predicted molar refractivity (Wildman–Crippen MR) is 64.9 cm³/mol. The molecule has 0 saturated carbocycles. The summed E-state index contributed by atoms with van der Waals surface area (Å²) in [6, 6.07) is 2.14. The van der Waals surface area contributed by atoms with Crippen molar-refractivity contribution in [3.05, 3.63) is 20.8 Å². The second-order valence-corrected chi connectivity index (χ2v) is 5.52. The maximum atomic E-state index is 11.1. The average molecular weight is 289 g/mol. The monoisotopic (exact) mass is 288 g/mol. The van der Waals surface area contributed by atoms with E-state index < -0.39 is 0 Å². The highest BCUT2D eigenvalue weighted by Crippen LogP contribution is 2.21. The maximum Gasteiger partial charge on any atom is 0.221 e. The van der Waals surface area contributed by atoms with Crippen LogP contribution in [0.2, 0.25) is 0 Å². The normalized spacial score (nSPS) is 18.6. The van der Waals surface area contributed by atoms with E-state index in [0.717, 1.165) is 30.7 Å². The maximum absolute atomic E-state index is 11.1. The largest absolute Gasteiger partial charge is 0.355 e. The smallest absolute Gasteiger partial charge is 0.221 e. The van der Waals surface area contributed by atoms with E-state index in [0.29, 0.717) is 6.42 Å². The highest BCUT2D eigenvalue weighted by molar-refractivity contribution is 9.10. The lowest BCUT2D eigenvalue weighted by atomic mass is 10.3. The minimum Gasteiger partial charge on any atom is -0.355 e. The summed E-state index contributed by atoms with van der Waals surface area (Å²) >= 11 is 5.20. The summed E-state index contributed by atoms with van der Waals surface area (Å²) in [5, 5.41) is 4.97. The molecule has 2 rings (SSSR count). The van der Waals surface area contributed by atoms with Gasteiger partial charge in [-0.2, -0.15) is 0 Å². The molecule has 1 aliphatic rings. The molecule has 1 N–H and O–H groups in total. The number of nitrogens with zero attached hydrogens (tertiary/aromatic N) is 1. The van der Waals surface area contributed by atoms with Crippen LogP contribution in [-0.2, 0) is 11.3 Å². The molecular weight excluding hydrogens is 276 g/mol. The van der Waals surface area contributed by atoms with Gasteiger partial charge in [0, 0.05) is 47.3 Å². The number of hydrogen-bond acceptors (Lipinski definition) is 3. The molecule has 82 valence electrons. The van der Waals surface area contributed by atoms with Gasteiger partial charge in [0.05, 0.1) is 0 Å². The Labute approximate surface area is 102 Å². The van der Waals surface area contributed by atoms with Crippen LogP contribution in [0.4, 0.5) is 0 Å². The molecule has 0 bridgehead atoms. The van der Waals surface area contributed by atoms with Crippen molar-refractivity contribution in [1.29, 1.82) is 0 Å². The standard InChI is InChI=1S/C10H13BrN2OS/c11-8-5-9(15-7-8)6-13-3-1-10(14)12-2-4-13/h5,7H,1-4,6H2,(H,12,14). The van der Waals surface area contributed by atoms with Crippen molar-refractivity contribution in [3.8, 4) is 0 Å². The Morgan fingerprint density at radius 1 is 1.53 bits per heavy atom. The van der Waals surface area contributed by atoms with Gasteiger partial charge < -0.3 is 5.32 Å². The Bertz CT molecular complexity index is 353. The number of carbonyl (C=O) groups is 1. The van der Waals surface area contributed by atoms with E-state index in [1.807, 2.05) is 0 Å². The summed E-state index contributed by atoms with van der Waals surface area (Å²) in [7, 11) is 0. The van der Waals surface area contributed by atoms with Crippen LogP contribution in [0.3, 0.4) is 0 Å². The number of rotatable bonds is 2. The van der Waals surface area contributed by atoms with Crippen molar-refractivity contribution in [3.63, 3.8) is 0 Å². The Balaban J connectivity index is 1.91. The van der Waals surface area contributed by atoms with Crippen LogP contribution in [0.25, 0.3) is 0 Å². The number of hydrogen-bond donors (Lipinski definition) is 1. The second kappa shape index (κ2) is 5.09. The van der Waals surface area contributed by atoms with Crippen molar-refractivity contribution in [1.82, 2.24) is 10.2 Å². The molecule has 15 heavy (non-hydrogen) atoms. The molecule has 0 radical (unpaired) electrons. The molecule has 1 aromatic rings. The summed E-state index contributed by atoms with van der Waals surface area (Å²) in [6.07, 6.45) is 0.618. The highest BCUT2D eigenvalue weighted by Gasteiger charge is 2.13. The number of nitrogens with one attached hydrogen (secondary N) is 1. The molecule has 0 unspecified atom stereocenters. The lowest BCUT2D eigenvalue weighted by molar-refractivity contribution is -0.120. The van der Waals surface area contributed by atoms with Crippen LogP contribution < -0.4 is 5.32 Å². The van der Waals surface area contributed by atoms with Crippen molar-refractivity contribution in [2.45, 2.75) is 13.0 Å². The Kier molecular flexibility index (Phi) is 3.77. The minimum atomic E-state index is 0.171. The topological polar surface area (TPSA) is 32.3 Å². The Hall–Kier alpha value is -0.390. The van der Waals surface area contributed by atoms with E-state index in [1.54, 1.807) is 11.3 Å². The molecule has 1 aliphatic heterocycles. The molecule has 5 heteroatoms. The van der Waals surface area contributed by atoms with E-state index >= 15 is 0 Å². The molecule has 1 aromatic heterocycles. The molecular formula is C10H13BrN2OS. The molecule has 0 aromatic carbocycles. The summed E-state index contributed by atoms with van der Waals surface area (Å²) in [5.74, 6) is 0.171. The zero-order chi connectivity index (χ0) is 10.7. The SMILES string of the molecule is O=C1CCN(Cc2cc(Br)cs2)CCN1. The fraction of sp³-hybridized carbons (Fsp3) is 0.500. The minimum absolute atomic E-state index is 0.171. The first-order valence-electron chi connectivity index (χ1n) is 4.96. The zero-order valence-electron chi connectivity index (χ0n) is 8.33. The number of amides is 1. The first-order valence-corrected chi connectivity index (χ1v) is 6.63. The molecule has 3 nitrogen and oxygen atoms in total. The lowest BCUT2D eigenvalue weighted by Crippen LogP contribution is -2.27. The lowest BCUT2D eigenvalue weighted by Gasteiger charge is -2.17. The van der Waals surface area contributed by atoms with E-state index in [4.69, 9.17) is 0 Å². The van der Waals surface area contributed by atoms with Crippen LogP contribution in [0.15, 0.2) is 15.9 Å². The third-order valence-corrected chi connectivity index (χ3v) is 4.09. The number of carbonyl (C=O) groups excluding carboxylic acids is 1. The van der Waals surface area contributed by atoms with Gasteiger partial charge in [-0.25, -0.2) is 0 Å². The third kappa shape index (κ3) is 3.29. The molecule has 1 saturated heterocycles. The van der Waals surface area contributed by atoms with Crippen LogP contribution in [0.1, 0.15) is 11.3 Å². The summed E-state index contributed by atoms with van der Waals surface area (Å²) < 4.78 is 1.14. The molecule has 0 aliphatic carbocycles. The van der Waals surface area contributed by atoms with Gasteiger partial charge in [-0.05, 0) is 22.0 Å². The van der Waals surface area contributed by atoms with Crippen LogP contribution in [0.5, 0.6) is 0 Å². The average Bonchev–Trinajstić information content (AvgIpc) is 2.48. The van der Waals surface area contributed by atoms with E-state index in [9.17, 15) is 4.79 Å².